The fraction of sp³-hybridized carbons (Fsp3) is 0.286. The summed E-state index contributed by atoms with van der Waals surface area (Å²) in [5.74, 6) is -0.186. The summed E-state index contributed by atoms with van der Waals surface area (Å²) >= 11 is 0. The lowest BCUT2D eigenvalue weighted by molar-refractivity contribution is -0.141. The number of aryl methyl sites for hydroxylation is 1. The summed E-state index contributed by atoms with van der Waals surface area (Å²) in [5.41, 5.74) is 4.12. The fourth-order valence-electron chi connectivity index (χ4n) is 3.70. The molecule has 0 radical (unpaired) electrons. The highest BCUT2D eigenvalue weighted by Gasteiger charge is 2.30. The first-order valence-corrected chi connectivity index (χ1v) is 11.2. The average Bonchev–Trinajstić information content (AvgIpc) is 2.78. The number of hydrogen-bond acceptors (Lipinski definition) is 2. The summed E-state index contributed by atoms with van der Waals surface area (Å²) in [6.07, 6.45) is 0.721. The van der Waals surface area contributed by atoms with Gasteiger partial charge in [-0.05, 0) is 37.5 Å². The monoisotopic (exact) mass is 428 g/mol. The van der Waals surface area contributed by atoms with Gasteiger partial charge in [0.2, 0.25) is 11.8 Å². The number of nitrogens with zero attached hydrogens (tertiary/aromatic N) is 1. The van der Waals surface area contributed by atoms with E-state index in [9.17, 15) is 9.59 Å². The average molecular weight is 429 g/mol. The Morgan fingerprint density at radius 1 is 0.781 bits per heavy atom. The molecule has 0 aromatic heterocycles. The Morgan fingerprint density at radius 2 is 1.34 bits per heavy atom. The summed E-state index contributed by atoms with van der Waals surface area (Å²) in [6, 6.07) is 27.1. The van der Waals surface area contributed by atoms with Crippen molar-refractivity contribution in [2.24, 2.45) is 0 Å². The van der Waals surface area contributed by atoms with Crippen molar-refractivity contribution in [3.8, 4) is 0 Å². The molecule has 166 valence electrons. The van der Waals surface area contributed by atoms with Crippen molar-refractivity contribution < 1.29 is 9.59 Å². The van der Waals surface area contributed by atoms with Crippen LogP contribution in [0.2, 0.25) is 0 Å². The molecule has 3 rings (SSSR count). The highest BCUT2D eigenvalue weighted by molar-refractivity contribution is 5.89. The Bertz CT molecular complexity index is 999. The van der Waals surface area contributed by atoms with E-state index in [-0.39, 0.29) is 24.3 Å². The molecule has 32 heavy (non-hydrogen) atoms. The van der Waals surface area contributed by atoms with E-state index in [2.05, 4.69) is 5.32 Å². The normalized spacial score (nSPS) is 11.8. The van der Waals surface area contributed by atoms with E-state index in [1.54, 1.807) is 4.90 Å². The molecule has 0 spiro atoms. The van der Waals surface area contributed by atoms with Crippen LogP contribution in [-0.2, 0) is 29.0 Å². The van der Waals surface area contributed by atoms with Crippen LogP contribution in [0.5, 0.6) is 0 Å². The first kappa shape index (κ1) is 23.3. The summed E-state index contributed by atoms with van der Waals surface area (Å²) in [4.78, 5) is 28.6. The van der Waals surface area contributed by atoms with Crippen molar-refractivity contribution in [1.82, 2.24) is 10.2 Å². The first-order valence-electron chi connectivity index (χ1n) is 11.2. The van der Waals surface area contributed by atoms with Gasteiger partial charge < -0.3 is 10.2 Å². The Kier molecular flexibility index (Phi) is 8.20. The molecule has 3 aromatic rings. The Labute approximate surface area is 191 Å². The molecule has 4 nitrogen and oxygen atoms in total. The Hall–Kier alpha value is -3.40. The van der Waals surface area contributed by atoms with Crippen LogP contribution in [0.1, 0.15) is 36.1 Å². The van der Waals surface area contributed by atoms with Crippen molar-refractivity contribution in [3.63, 3.8) is 0 Å². The minimum absolute atomic E-state index is 0.00782. The highest BCUT2D eigenvalue weighted by Crippen LogP contribution is 2.17. The SMILES string of the molecule is Cc1ccc(CC(=O)N(Cc2ccccc2)C(Cc2ccccc2)C(=O)NC(C)C)cc1. The number of hydrogen-bond donors (Lipinski definition) is 1. The van der Waals surface area contributed by atoms with Gasteiger partial charge in [0, 0.05) is 19.0 Å². The Balaban J connectivity index is 1.93. The topological polar surface area (TPSA) is 49.4 Å². The summed E-state index contributed by atoms with van der Waals surface area (Å²) < 4.78 is 0. The Morgan fingerprint density at radius 3 is 1.91 bits per heavy atom. The molecule has 0 saturated carbocycles. The van der Waals surface area contributed by atoms with Gasteiger partial charge in [-0.25, -0.2) is 0 Å². The van der Waals surface area contributed by atoms with Crippen molar-refractivity contribution in [2.45, 2.75) is 52.2 Å². The molecule has 0 fully saturated rings. The number of amides is 2. The predicted molar refractivity (Wildman–Crippen MR) is 129 cm³/mol. The summed E-state index contributed by atoms with van der Waals surface area (Å²) in [6.45, 7) is 6.29. The second kappa shape index (κ2) is 11.3. The quantitative estimate of drug-likeness (QED) is 0.537. The number of carbonyl (C=O) groups excluding carboxylic acids is 2. The lowest BCUT2D eigenvalue weighted by atomic mass is 10.0. The maximum atomic E-state index is 13.6. The van der Waals surface area contributed by atoms with Crippen molar-refractivity contribution >= 4 is 11.8 Å². The van der Waals surface area contributed by atoms with Crippen LogP contribution in [0.3, 0.4) is 0 Å². The first-order chi connectivity index (χ1) is 15.4. The van der Waals surface area contributed by atoms with Gasteiger partial charge in [0.15, 0.2) is 0 Å². The van der Waals surface area contributed by atoms with E-state index in [0.29, 0.717) is 13.0 Å². The molecule has 0 bridgehead atoms. The molecular weight excluding hydrogens is 396 g/mol. The van der Waals surface area contributed by atoms with E-state index in [4.69, 9.17) is 0 Å². The zero-order valence-corrected chi connectivity index (χ0v) is 19.1. The highest BCUT2D eigenvalue weighted by atomic mass is 16.2. The van der Waals surface area contributed by atoms with E-state index >= 15 is 0 Å². The van der Waals surface area contributed by atoms with E-state index in [1.165, 1.54) is 0 Å². The molecular formula is C28H32N2O2. The minimum Gasteiger partial charge on any atom is -0.352 e. The van der Waals surface area contributed by atoms with E-state index in [1.807, 2.05) is 106 Å². The molecule has 0 aliphatic carbocycles. The van der Waals surface area contributed by atoms with Gasteiger partial charge in [-0.1, -0.05) is 90.5 Å². The molecule has 0 aliphatic rings. The van der Waals surface area contributed by atoms with Crippen LogP contribution in [0, 0.1) is 6.92 Å². The molecule has 1 atom stereocenters. The molecule has 0 aliphatic heterocycles. The number of rotatable bonds is 9. The van der Waals surface area contributed by atoms with Crippen LogP contribution in [0.15, 0.2) is 84.9 Å². The van der Waals surface area contributed by atoms with Gasteiger partial charge in [-0.3, -0.25) is 9.59 Å². The van der Waals surface area contributed by atoms with Gasteiger partial charge in [0.1, 0.15) is 6.04 Å². The molecule has 1 N–H and O–H groups in total. The molecule has 4 heteroatoms. The molecule has 2 amide bonds. The van der Waals surface area contributed by atoms with Crippen molar-refractivity contribution in [3.05, 3.63) is 107 Å². The lowest BCUT2D eigenvalue weighted by Crippen LogP contribution is -2.52. The molecule has 1 unspecified atom stereocenters. The maximum Gasteiger partial charge on any atom is 0.243 e. The third-order valence-electron chi connectivity index (χ3n) is 5.37. The van der Waals surface area contributed by atoms with E-state index in [0.717, 1.165) is 22.3 Å². The summed E-state index contributed by atoms with van der Waals surface area (Å²) in [7, 11) is 0. The van der Waals surface area contributed by atoms with Crippen LogP contribution >= 0.6 is 0 Å². The smallest absolute Gasteiger partial charge is 0.243 e. The van der Waals surface area contributed by atoms with Gasteiger partial charge in [-0.2, -0.15) is 0 Å². The van der Waals surface area contributed by atoms with Crippen LogP contribution in [0.4, 0.5) is 0 Å². The van der Waals surface area contributed by atoms with Gasteiger partial charge in [0.25, 0.3) is 0 Å². The number of benzene rings is 3. The van der Waals surface area contributed by atoms with Gasteiger partial charge in [-0.15, -0.1) is 0 Å². The number of carbonyl (C=O) groups is 2. The molecule has 0 heterocycles. The van der Waals surface area contributed by atoms with Crippen molar-refractivity contribution in [1.29, 1.82) is 0 Å². The maximum absolute atomic E-state index is 13.6. The van der Waals surface area contributed by atoms with Crippen LogP contribution in [0.25, 0.3) is 0 Å². The zero-order chi connectivity index (χ0) is 22.9. The second-order valence-electron chi connectivity index (χ2n) is 8.54. The number of nitrogens with one attached hydrogen (secondary N) is 1. The van der Waals surface area contributed by atoms with Crippen LogP contribution < -0.4 is 5.32 Å². The zero-order valence-electron chi connectivity index (χ0n) is 19.1. The third-order valence-corrected chi connectivity index (χ3v) is 5.37. The standard InChI is InChI=1S/C28H32N2O2/c1-21(2)29-28(32)26(18-23-10-6-4-7-11-23)30(20-25-12-8-5-9-13-25)27(31)19-24-16-14-22(3)15-17-24/h4-17,21,26H,18-20H2,1-3H3,(H,29,32). The summed E-state index contributed by atoms with van der Waals surface area (Å²) in [5, 5.41) is 3.02. The predicted octanol–water partition coefficient (Wildman–Crippen LogP) is 4.70. The largest absolute Gasteiger partial charge is 0.352 e. The van der Waals surface area contributed by atoms with Gasteiger partial charge in [0.05, 0.1) is 6.42 Å². The second-order valence-corrected chi connectivity index (χ2v) is 8.54. The van der Waals surface area contributed by atoms with E-state index < -0.39 is 6.04 Å². The fourth-order valence-corrected chi connectivity index (χ4v) is 3.70. The van der Waals surface area contributed by atoms with Crippen molar-refractivity contribution in [2.75, 3.05) is 0 Å². The third kappa shape index (κ3) is 6.81. The minimum atomic E-state index is -0.599. The lowest BCUT2D eigenvalue weighted by Gasteiger charge is -2.32. The molecule has 0 saturated heterocycles. The molecule has 3 aromatic carbocycles. The van der Waals surface area contributed by atoms with Gasteiger partial charge >= 0.3 is 0 Å². The van der Waals surface area contributed by atoms with Crippen LogP contribution in [-0.4, -0.2) is 28.8 Å².